The topological polar surface area (TPSA) is 12.4 Å². The normalized spacial score (nSPS) is 12.6. The summed E-state index contributed by atoms with van der Waals surface area (Å²) in [5, 5.41) is 2.10. The average Bonchev–Trinajstić information content (AvgIpc) is 3.53. The Hall–Kier alpha value is -3.12. The van der Waals surface area contributed by atoms with Gasteiger partial charge in [-0.25, -0.2) is 8.78 Å². The van der Waals surface area contributed by atoms with Gasteiger partial charge in [-0.15, -0.1) is 0 Å². The number of hydrogen-bond donors (Lipinski definition) is 0. The molecule has 1 fully saturated rings. The molecule has 4 rings (SSSR count). The molecule has 0 atom stereocenters. The van der Waals surface area contributed by atoms with Gasteiger partial charge in [0.15, 0.2) is 0 Å². The van der Waals surface area contributed by atoms with Crippen molar-refractivity contribution in [1.29, 1.82) is 0 Å². The molecule has 1 saturated carbocycles. The Morgan fingerprint density at radius 1 is 0.821 bits per heavy atom. The molecule has 1 aliphatic carbocycles. The fourth-order valence-corrected chi connectivity index (χ4v) is 3.18. The molecule has 0 aliphatic heterocycles. The second-order valence-corrected chi connectivity index (χ2v) is 6.89. The molecule has 28 heavy (non-hydrogen) atoms. The number of aliphatic imine (C=N–C) groups is 1. The number of halogens is 2. The van der Waals surface area contributed by atoms with Crippen molar-refractivity contribution >= 4 is 23.1 Å². The minimum Gasteiger partial charge on any atom is -0.206 e. The van der Waals surface area contributed by atoms with E-state index in [1.54, 1.807) is 24.3 Å². The second kappa shape index (κ2) is 7.86. The Bertz CT molecular complexity index is 1100. The van der Waals surface area contributed by atoms with Gasteiger partial charge in [-0.1, -0.05) is 36.1 Å². The van der Waals surface area contributed by atoms with Crippen molar-refractivity contribution in [3.63, 3.8) is 0 Å². The first-order valence-corrected chi connectivity index (χ1v) is 9.34. The van der Waals surface area contributed by atoms with E-state index in [-0.39, 0.29) is 11.3 Å². The van der Waals surface area contributed by atoms with Gasteiger partial charge in [0.05, 0.1) is 16.4 Å². The van der Waals surface area contributed by atoms with Crippen LogP contribution in [0.3, 0.4) is 0 Å². The van der Waals surface area contributed by atoms with Crippen molar-refractivity contribution in [3.05, 3.63) is 89.0 Å². The maximum absolute atomic E-state index is 14.3. The Kier molecular flexibility index (Phi) is 5.12. The van der Waals surface area contributed by atoms with Crippen LogP contribution in [0.2, 0.25) is 0 Å². The third kappa shape index (κ3) is 4.07. The Morgan fingerprint density at radius 2 is 1.36 bits per heavy atom. The minimum absolute atomic E-state index is 0.0986. The summed E-state index contributed by atoms with van der Waals surface area (Å²) < 4.78 is 28.6. The quantitative estimate of drug-likeness (QED) is 0.279. The summed E-state index contributed by atoms with van der Waals surface area (Å²) in [5.41, 5.74) is 3.54. The predicted molar refractivity (Wildman–Crippen MR) is 111 cm³/mol. The van der Waals surface area contributed by atoms with E-state index in [2.05, 4.69) is 46.3 Å². The van der Waals surface area contributed by atoms with Crippen molar-refractivity contribution in [3.8, 4) is 23.0 Å². The summed E-state index contributed by atoms with van der Waals surface area (Å²) in [7, 11) is 0. The SMILES string of the molecule is Fc1cc(N=C=S)cc(F)c1-c1ccc(C#Cc2ccc(C3CC3)cc2)cc1. The lowest BCUT2D eigenvalue weighted by atomic mass is 10.0. The van der Waals surface area contributed by atoms with Gasteiger partial charge in [-0.3, -0.25) is 0 Å². The van der Waals surface area contributed by atoms with Crippen LogP contribution in [-0.2, 0) is 0 Å². The van der Waals surface area contributed by atoms with E-state index in [0.29, 0.717) is 5.56 Å². The molecule has 1 nitrogen and oxygen atoms in total. The molecule has 0 radical (unpaired) electrons. The zero-order valence-electron chi connectivity index (χ0n) is 14.9. The third-order valence-electron chi connectivity index (χ3n) is 4.69. The fraction of sp³-hybridized carbons (Fsp3) is 0.125. The van der Waals surface area contributed by atoms with Crippen LogP contribution < -0.4 is 0 Å². The first-order valence-electron chi connectivity index (χ1n) is 8.93. The largest absolute Gasteiger partial charge is 0.206 e. The standard InChI is InChI=1S/C24H15F2NS/c25-22-13-21(27-15-28)14-23(26)24(22)20-9-5-17(6-10-20)2-1-16-3-7-18(8-4-16)19-11-12-19/h3-10,13-14,19H,11-12H2. The van der Waals surface area contributed by atoms with Crippen LogP contribution in [-0.4, -0.2) is 5.16 Å². The van der Waals surface area contributed by atoms with Gasteiger partial charge in [-0.2, -0.15) is 4.99 Å². The van der Waals surface area contributed by atoms with Crippen molar-refractivity contribution in [2.45, 2.75) is 18.8 Å². The Morgan fingerprint density at radius 3 is 1.86 bits per heavy atom. The number of hydrogen-bond acceptors (Lipinski definition) is 2. The fourth-order valence-electron chi connectivity index (χ4n) is 3.07. The van der Waals surface area contributed by atoms with Crippen molar-refractivity contribution in [1.82, 2.24) is 0 Å². The van der Waals surface area contributed by atoms with Gasteiger partial charge < -0.3 is 0 Å². The summed E-state index contributed by atoms with van der Waals surface area (Å²) >= 11 is 4.47. The van der Waals surface area contributed by atoms with E-state index in [9.17, 15) is 8.78 Å². The molecular weight excluding hydrogens is 372 g/mol. The van der Waals surface area contributed by atoms with Crippen molar-refractivity contribution < 1.29 is 8.78 Å². The molecule has 1 aliphatic rings. The average molecular weight is 387 g/mol. The van der Waals surface area contributed by atoms with Gasteiger partial charge in [0.1, 0.15) is 11.6 Å². The smallest absolute Gasteiger partial charge is 0.136 e. The number of rotatable bonds is 3. The summed E-state index contributed by atoms with van der Waals surface area (Å²) in [6, 6.07) is 17.4. The van der Waals surface area contributed by atoms with Crippen LogP contribution in [0.4, 0.5) is 14.5 Å². The highest BCUT2D eigenvalue weighted by molar-refractivity contribution is 7.78. The molecule has 3 aromatic carbocycles. The number of thiocarbonyl (C=S) groups is 1. The number of nitrogens with zero attached hydrogens (tertiary/aromatic N) is 1. The number of isothiocyanates is 1. The lowest BCUT2D eigenvalue weighted by molar-refractivity contribution is 0.590. The molecular formula is C24H15F2NS. The zero-order valence-corrected chi connectivity index (χ0v) is 15.7. The highest BCUT2D eigenvalue weighted by Gasteiger charge is 2.22. The molecule has 0 heterocycles. The van der Waals surface area contributed by atoms with Crippen LogP contribution in [0.1, 0.15) is 35.4 Å². The lowest BCUT2D eigenvalue weighted by Gasteiger charge is -2.06. The second-order valence-electron chi connectivity index (χ2n) is 6.71. The molecule has 0 amide bonds. The van der Waals surface area contributed by atoms with E-state index in [1.807, 2.05) is 12.1 Å². The van der Waals surface area contributed by atoms with Gasteiger partial charge in [0.2, 0.25) is 0 Å². The highest BCUT2D eigenvalue weighted by atomic mass is 32.1. The van der Waals surface area contributed by atoms with E-state index >= 15 is 0 Å². The van der Waals surface area contributed by atoms with Crippen LogP contribution in [0.15, 0.2) is 65.7 Å². The van der Waals surface area contributed by atoms with Crippen molar-refractivity contribution in [2.75, 3.05) is 0 Å². The molecule has 4 heteroatoms. The maximum atomic E-state index is 14.3. The molecule has 0 bridgehead atoms. The lowest BCUT2D eigenvalue weighted by Crippen LogP contribution is -1.90. The van der Waals surface area contributed by atoms with Gasteiger partial charge in [0.25, 0.3) is 0 Å². The summed E-state index contributed by atoms with van der Waals surface area (Å²) in [5.74, 6) is 5.55. The monoisotopic (exact) mass is 387 g/mol. The molecule has 0 aromatic heterocycles. The first-order chi connectivity index (χ1) is 13.6. The van der Waals surface area contributed by atoms with E-state index in [4.69, 9.17) is 0 Å². The van der Waals surface area contributed by atoms with Crippen LogP contribution in [0, 0.1) is 23.5 Å². The maximum Gasteiger partial charge on any atom is 0.136 e. The van der Waals surface area contributed by atoms with Gasteiger partial charge in [0, 0.05) is 23.3 Å². The van der Waals surface area contributed by atoms with Crippen LogP contribution >= 0.6 is 12.2 Å². The van der Waals surface area contributed by atoms with Crippen LogP contribution in [0.25, 0.3) is 11.1 Å². The van der Waals surface area contributed by atoms with E-state index in [0.717, 1.165) is 29.2 Å². The Labute approximate surface area is 167 Å². The summed E-state index contributed by atoms with van der Waals surface area (Å²) in [4.78, 5) is 3.62. The minimum atomic E-state index is -0.696. The molecule has 0 unspecified atom stereocenters. The first kappa shape index (κ1) is 18.3. The molecule has 0 saturated heterocycles. The highest BCUT2D eigenvalue weighted by Crippen LogP contribution is 2.39. The Balaban J connectivity index is 1.55. The summed E-state index contributed by atoms with van der Waals surface area (Å²) in [6.07, 6.45) is 2.56. The van der Waals surface area contributed by atoms with Crippen molar-refractivity contribution in [2.24, 2.45) is 4.99 Å². The molecule has 0 N–H and O–H groups in total. The number of benzene rings is 3. The van der Waals surface area contributed by atoms with E-state index < -0.39 is 11.6 Å². The predicted octanol–water partition coefficient (Wildman–Crippen LogP) is 6.64. The van der Waals surface area contributed by atoms with Gasteiger partial charge >= 0.3 is 0 Å². The van der Waals surface area contributed by atoms with Crippen LogP contribution in [0.5, 0.6) is 0 Å². The van der Waals surface area contributed by atoms with E-state index in [1.165, 1.54) is 18.4 Å². The molecule has 0 spiro atoms. The zero-order chi connectivity index (χ0) is 19.5. The van der Waals surface area contributed by atoms with Gasteiger partial charge in [-0.05, 0) is 66.4 Å². The summed E-state index contributed by atoms with van der Waals surface area (Å²) in [6.45, 7) is 0. The third-order valence-corrected chi connectivity index (χ3v) is 4.78. The molecule has 3 aromatic rings. The molecule has 136 valence electrons.